The van der Waals surface area contributed by atoms with Gasteiger partial charge in [-0.3, -0.25) is 15.2 Å². The molecule has 0 saturated carbocycles. The molecule has 0 aromatic heterocycles. The molecule has 1 aliphatic rings. The highest BCUT2D eigenvalue weighted by Crippen LogP contribution is 2.37. The number of benzene rings is 1. The van der Waals surface area contributed by atoms with Crippen molar-refractivity contribution in [3.05, 3.63) is 40.7 Å². The molecule has 126 valence electrons. The highest BCUT2D eigenvalue weighted by molar-refractivity contribution is 5.91. The smallest absolute Gasteiger partial charge is 0.250 e. The van der Waals surface area contributed by atoms with E-state index < -0.39 is 5.41 Å². The molecule has 2 rings (SSSR count). The van der Waals surface area contributed by atoms with E-state index in [2.05, 4.69) is 19.3 Å². The SMILES string of the molecule is Cc1ccc(C2=C(CN)C(C)(C)C(=O)N(CC(C)C)N2)cc1F. The van der Waals surface area contributed by atoms with Crippen molar-refractivity contribution >= 4 is 11.6 Å². The molecule has 0 aliphatic carbocycles. The summed E-state index contributed by atoms with van der Waals surface area (Å²) < 4.78 is 14.0. The minimum Gasteiger partial charge on any atom is -0.327 e. The average molecular weight is 319 g/mol. The largest absolute Gasteiger partial charge is 0.327 e. The number of hydrazine groups is 1. The number of carbonyl (C=O) groups excluding carboxylic acids is 1. The average Bonchev–Trinajstić information content (AvgIpc) is 2.46. The van der Waals surface area contributed by atoms with Gasteiger partial charge in [0.1, 0.15) is 5.82 Å². The normalized spacial score (nSPS) is 17.7. The third kappa shape index (κ3) is 3.24. The van der Waals surface area contributed by atoms with Crippen LogP contribution in [0.3, 0.4) is 0 Å². The van der Waals surface area contributed by atoms with Gasteiger partial charge in [-0.15, -0.1) is 0 Å². The monoisotopic (exact) mass is 319 g/mol. The molecule has 4 nitrogen and oxygen atoms in total. The number of nitrogens with two attached hydrogens (primary N) is 1. The molecule has 0 bridgehead atoms. The lowest BCUT2D eigenvalue weighted by Crippen LogP contribution is -2.55. The first-order chi connectivity index (χ1) is 10.7. The first-order valence-electron chi connectivity index (χ1n) is 7.97. The van der Waals surface area contributed by atoms with E-state index in [9.17, 15) is 9.18 Å². The minimum atomic E-state index is -0.717. The molecule has 1 aromatic rings. The zero-order valence-electron chi connectivity index (χ0n) is 14.5. The summed E-state index contributed by atoms with van der Waals surface area (Å²) >= 11 is 0. The highest BCUT2D eigenvalue weighted by atomic mass is 19.1. The number of rotatable bonds is 4. The van der Waals surface area contributed by atoms with E-state index in [1.165, 1.54) is 6.07 Å². The van der Waals surface area contributed by atoms with Gasteiger partial charge >= 0.3 is 0 Å². The van der Waals surface area contributed by atoms with Crippen LogP contribution in [0.1, 0.15) is 38.8 Å². The summed E-state index contributed by atoms with van der Waals surface area (Å²) in [7, 11) is 0. The highest BCUT2D eigenvalue weighted by Gasteiger charge is 2.41. The number of hydrogen-bond donors (Lipinski definition) is 2. The molecule has 0 saturated heterocycles. The van der Waals surface area contributed by atoms with Crippen LogP contribution in [0.25, 0.3) is 5.70 Å². The van der Waals surface area contributed by atoms with Gasteiger partial charge in [0.05, 0.1) is 11.1 Å². The van der Waals surface area contributed by atoms with E-state index >= 15 is 0 Å². The fourth-order valence-corrected chi connectivity index (χ4v) is 2.87. The molecule has 5 heteroatoms. The quantitative estimate of drug-likeness (QED) is 0.897. The number of nitrogens with zero attached hydrogens (tertiary/aromatic N) is 1. The van der Waals surface area contributed by atoms with Gasteiger partial charge in [0.25, 0.3) is 5.91 Å². The summed E-state index contributed by atoms with van der Waals surface area (Å²) in [6.07, 6.45) is 0. The zero-order chi connectivity index (χ0) is 17.4. The molecule has 1 aromatic carbocycles. The van der Waals surface area contributed by atoms with E-state index in [-0.39, 0.29) is 18.3 Å². The van der Waals surface area contributed by atoms with Gasteiger partial charge in [-0.1, -0.05) is 26.0 Å². The van der Waals surface area contributed by atoms with Crippen molar-refractivity contribution in [3.8, 4) is 0 Å². The Morgan fingerprint density at radius 2 is 2.00 bits per heavy atom. The summed E-state index contributed by atoms with van der Waals surface area (Å²) in [5.41, 5.74) is 11.2. The number of aryl methyl sites for hydroxylation is 1. The van der Waals surface area contributed by atoms with Crippen LogP contribution in [-0.2, 0) is 4.79 Å². The molecule has 1 aliphatic heterocycles. The fourth-order valence-electron chi connectivity index (χ4n) is 2.87. The fraction of sp³-hybridized carbons (Fsp3) is 0.500. The molecular weight excluding hydrogens is 293 g/mol. The van der Waals surface area contributed by atoms with Gasteiger partial charge in [0, 0.05) is 18.7 Å². The lowest BCUT2D eigenvalue weighted by Gasteiger charge is -2.42. The van der Waals surface area contributed by atoms with Crippen LogP contribution in [0.15, 0.2) is 23.8 Å². The standard InChI is InChI=1S/C18H26FN3O/c1-11(2)10-22-17(23)18(4,5)14(9-20)16(21-22)13-7-6-12(3)15(19)8-13/h6-8,11,21H,9-10,20H2,1-5H3. The maximum Gasteiger partial charge on any atom is 0.250 e. The number of hydrogen-bond acceptors (Lipinski definition) is 3. The second-order valence-corrected chi connectivity index (χ2v) is 7.07. The number of amides is 1. The zero-order valence-corrected chi connectivity index (χ0v) is 14.5. The van der Waals surface area contributed by atoms with Gasteiger partial charge in [-0.05, 0) is 43.9 Å². The van der Waals surface area contributed by atoms with Crippen LogP contribution >= 0.6 is 0 Å². The molecule has 0 fully saturated rings. The Morgan fingerprint density at radius 1 is 1.35 bits per heavy atom. The number of carbonyl (C=O) groups is 1. The first-order valence-corrected chi connectivity index (χ1v) is 7.97. The maximum atomic E-state index is 14.0. The molecular formula is C18H26FN3O. The van der Waals surface area contributed by atoms with Crippen molar-refractivity contribution in [1.29, 1.82) is 0 Å². The molecule has 23 heavy (non-hydrogen) atoms. The number of nitrogens with one attached hydrogen (secondary N) is 1. The van der Waals surface area contributed by atoms with E-state index in [4.69, 9.17) is 5.73 Å². The van der Waals surface area contributed by atoms with Crippen molar-refractivity contribution in [1.82, 2.24) is 10.4 Å². The van der Waals surface area contributed by atoms with Gasteiger partial charge in [-0.25, -0.2) is 4.39 Å². The second-order valence-electron chi connectivity index (χ2n) is 7.07. The predicted molar refractivity (Wildman–Crippen MR) is 90.6 cm³/mol. The van der Waals surface area contributed by atoms with Crippen molar-refractivity contribution in [2.45, 2.75) is 34.6 Å². The van der Waals surface area contributed by atoms with E-state index in [1.54, 1.807) is 18.0 Å². The topological polar surface area (TPSA) is 58.4 Å². The minimum absolute atomic E-state index is 0.0111. The summed E-state index contributed by atoms with van der Waals surface area (Å²) in [5, 5.41) is 1.62. The lowest BCUT2D eigenvalue weighted by molar-refractivity contribution is -0.142. The Bertz CT molecular complexity index is 650. The first kappa shape index (κ1) is 17.5. The third-order valence-electron chi connectivity index (χ3n) is 4.30. The van der Waals surface area contributed by atoms with Gasteiger partial charge in [-0.2, -0.15) is 0 Å². The molecule has 1 heterocycles. The van der Waals surface area contributed by atoms with Gasteiger partial charge < -0.3 is 5.73 Å². The third-order valence-corrected chi connectivity index (χ3v) is 4.30. The van der Waals surface area contributed by atoms with E-state index in [0.29, 0.717) is 23.6 Å². The Morgan fingerprint density at radius 3 is 2.52 bits per heavy atom. The maximum absolute atomic E-state index is 14.0. The molecule has 0 spiro atoms. The molecule has 0 unspecified atom stereocenters. The van der Waals surface area contributed by atoms with Crippen LogP contribution in [-0.4, -0.2) is 24.0 Å². The summed E-state index contributed by atoms with van der Waals surface area (Å²) in [6, 6.07) is 5.09. The van der Waals surface area contributed by atoms with E-state index in [1.807, 2.05) is 19.9 Å². The van der Waals surface area contributed by atoms with E-state index in [0.717, 1.165) is 11.3 Å². The Labute approximate surface area is 137 Å². The summed E-state index contributed by atoms with van der Waals surface area (Å²) in [5.74, 6) is 0.0407. The Balaban J connectivity index is 2.56. The Kier molecular flexibility index (Phi) is 4.80. The van der Waals surface area contributed by atoms with Crippen LogP contribution in [0.4, 0.5) is 4.39 Å². The predicted octanol–water partition coefficient (Wildman–Crippen LogP) is 2.83. The van der Waals surface area contributed by atoms with Crippen LogP contribution in [0.2, 0.25) is 0 Å². The van der Waals surface area contributed by atoms with Crippen molar-refractivity contribution in [3.63, 3.8) is 0 Å². The van der Waals surface area contributed by atoms with Crippen molar-refractivity contribution < 1.29 is 9.18 Å². The lowest BCUT2D eigenvalue weighted by atomic mass is 9.79. The number of halogens is 1. The van der Waals surface area contributed by atoms with Crippen LogP contribution in [0, 0.1) is 24.1 Å². The Hall–Kier alpha value is -1.88. The second kappa shape index (κ2) is 6.32. The molecule has 0 atom stereocenters. The van der Waals surface area contributed by atoms with Crippen LogP contribution in [0.5, 0.6) is 0 Å². The summed E-state index contributed by atoms with van der Waals surface area (Å²) in [4.78, 5) is 12.7. The summed E-state index contributed by atoms with van der Waals surface area (Å²) in [6.45, 7) is 10.4. The van der Waals surface area contributed by atoms with Gasteiger partial charge in [0.15, 0.2) is 0 Å². The molecule has 3 N–H and O–H groups in total. The molecule has 0 radical (unpaired) electrons. The molecule has 1 amide bonds. The van der Waals surface area contributed by atoms with Crippen LogP contribution < -0.4 is 11.2 Å². The van der Waals surface area contributed by atoms with Crippen molar-refractivity contribution in [2.75, 3.05) is 13.1 Å². The van der Waals surface area contributed by atoms with Gasteiger partial charge in [0.2, 0.25) is 0 Å². The van der Waals surface area contributed by atoms with Crippen molar-refractivity contribution in [2.24, 2.45) is 17.1 Å².